The van der Waals surface area contributed by atoms with E-state index in [0.29, 0.717) is 12.5 Å². The van der Waals surface area contributed by atoms with E-state index in [1.165, 1.54) is 17.6 Å². The topological polar surface area (TPSA) is 50.9 Å². The second-order valence-electron chi connectivity index (χ2n) is 4.40. The molecule has 4 nitrogen and oxygen atoms in total. The summed E-state index contributed by atoms with van der Waals surface area (Å²) >= 11 is 1.70. The molecule has 0 radical (unpaired) electrons. The van der Waals surface area contributed by atoms with Crippen LogP contribution >= 0.6 is 11.8 Å². The molecule has 1 fully saturated rings. The molecule has 5 heteroatoms. The zero-order valence-electron chi connectivity index (χ0n) is 10.1. The largest absolute Gasteiger partial charge is 0.469 e. The van der Waals surface area contributed by atoms with Gasteiger partial charge in [0.05, 0.1) is 13.5 Å². The molecule has 0 bridgehead atoms. The third kappa shape index (κ3) is 2.33. The molecular formula is C13H15NO3S. The number of carbonyl (C=O) groups excluding carboxylic acids is 1. The van der Waals surface area contributed by atoms with E-state index in [1.807, 2.05) is 6.07 Å². The summed E-state index contributed by atoms with van der Waals surface area (Å²) in [6.45, 7) is 0. The van der Waals surface area contributed by atoms with E-state index in [9.17, 15) is 4.79 Å². The van der Waals surface area contributed by atoms with Crippen LogP contribution < -0.4 is 5.32 Å². The zero-order chi connectivity index (χ0) is 12.5. The number of ether oxygens (including phenoxy) is 2. The predicted molar refractivity (Wildman–Crippen MR) is 69.8 cm³/mol. The van der Waals surface area contributed by atoms with Gasteiger partial charge in [-0.05, 0) is 17.7 Å². The van der Waals surface area contributed by atoms with Crippen molar-refractivity contribution in [2.45, 2.75) is 30.1 Å². The van der Waals surface area contributed by atoms with Crippen LogP contribution in [-0.2, 0) is 20.7 Å². The van der Waals surface area contributed by atoms with Gasteiger partial charge in [-0.3, -0.25) is 4.79 Å². The lowest BCUT2D eigenvalue weighted by Crippen LogP contribution is -2.17. The first-order valence-corrected chi connectivity index (χ1v) is 7.00. The molecule has 1 N–H and O–H groups in total. The summed E-state index contributed by atoms with van der Waals surface area (Å²) in [5, 5.41) is 3.36. The van der Waals surface area contributed by atoms with Crippen molar-refractivity contribution in [1.82, 2.24) is 0 Å². The fraction of sp³-hybridized carbons (Fsp3) is 0.462. The lowest BCUT2D eigenvalue weighted by atomic mass is 10.0. The summed E-state index contributed by atoms with van der Waals surface area (Å²) in [6.07, 6.45) is 1.96. The SMILES string of the molecule is COC(=O)CCSc1cccc2c1CC1OC1N2. The van der Waals surface area contributed by atoms with Gasteiger partial charge in [-0.15, -0.1) is 11.8 Å². The van der Waals surface area contributed by atoms with Crippen LogP contribution in [-0.4, -0.2) is 31.2 Å². The average Bonchev–Trinajstić information content (AvgIpc) is 3.14. The molecule has 0 spiro atoms. The van der Waals surface area contributed by atoms with Gasteiger partial charge in [0.25, 0.3) is 0 Å². The molecule has 18 heavy (non-hydrogen) atoms. The Morgan fingerprint density at radius 2 is 2.50 bits per heavy atom. The number of hydrogen-bond acceptors (Lipinski definition) is 5. The van der Waals surface area contributed by atoms with Gasteiger partial charge in [-0.1, -0.05) is 6.07 Å². The number of anilines is 1. The summed E-state index contributed by atoms with van der Waals surface area (Å²) in [5.74, 6) is 0.592. The van der Waals surface area contributed by atoms with Crippen molar-refractivity contribution in [3.05, 3.63) is 23.8 Å². The minimum atomic E-state index is -0.156. The standard InChI is InChI=1S/C13H15NO3S/c1-16-12(15)5-6-18-11-4-2-3-9-8(11)7-10-13(14-9)17-10/h2-4,10,13-14H,5-7H2,1H3. The molecule has 0 aromatic heterocycles. The van der Waals surface area contributed by atoms with E-state index < -0.39 is 0 Å². The molecule has 2 aliphatic rings. The van der Waals surface area contributed by atoms with Crippen LogP contribution in [0.15, 0.2) is 23.1 Å². The van der Waals surface area contributed by atoms with E-state index in [1.54, 1.807) is 11.8 Å². The summed E-state index contributed by atoms with van der Waals surface area (Å²) in [4.78, 5) is 12.3. The van der Waals surface area contributed by atoms with Crippen LogP contribution in [0.2, 0.25) is 0 Å². The number of rotatable bonds is 4. The van der Waals surface area contributed by atoms with E-state index >= 15 is 0 Å². The molecule has 1 aromatic rings. The summed E-state index contributed by atoms with van der Waals surface area (Å²) in [5.41, 5.74) is 2.47. The number of esters is 1. The van der Waals surface area contributed by atoms with Crippen molar-refractivity contribution < 1.29 is 14.3 Å². The van der Waals surface area contributed by atoms with Gasteiger partial charge < -0.3 is 14.8 Å². The van der Waals surface area contributed by atoms with Gasteiger partial charge in [0.1, 0.15) is 6.10 Å². The lowest BCUT2D eigenvalue weighted by Gasteiger charge is -2.17. The Hall–Kier alpha value is -1.20. The molecule has 0 saturated carbocycles. The molecule has 0 amide bonds. The number of thioether (sulfide) groups is 1. The van der Waals surface area contributed by atoms with Crippen LogP contribution in [0.4, 0.5) is 5.69 Å². The van der Waals surface area contributed by atoms with Crippen molar-refractivity contribution in [3.63, 3.8) is 0 Å². The predicted octanol–water partition coefficient (Wildman–Crippen LogP) is 2.03. The minimum Gasteiger partial charge on any atom is -0.469 e. The molecular weight excluding hydrogens is 250 g/mol. The molecule has 2 aliphatic heterocycles. The molecule has 1 aromatic carbocycles. The smallest absolute Gasteiger partial charge is 0.306 e. The Labute approximate surface area is 110 Å². The first kappa shape index (κ1) is 11.9. The fourth-order valence-corrected chi connectivity index (χ4v) is 3.20. The van der Waals surface area contributed by atoms with Crippen LogP contribution in [0.25, 0.3) is 0 Å². The number of methoxy groups -OCH3 is 1. The first-order chi connectivity index (χ1) is 8.78. The second kappa shape index (κ2) is 4.82. The maximum atomic E-state index is 11.1. The highest BCUT2D eigenvalue weighted by atomic mass is 32.2. The molecule has 0 aliphatic carbocycles. The van der Waals surface area contributed by atoms with Crippen LogP contribution in [0.5, 0.6) is 0 Å². The quantitative estimate of drug-likeness (QED) is 0.513. The molecule has 2 unspecified atom stereocenters. The monoisotopic (exact) mass is 265 g/mol. The highest BCUT2D eigenvalue weighted by Crippen LogP contribution is 2.40. The maximum absolute atomic E-state index is 11.1. The van der Waals surface area contributed by atoms with Crippen molar-refractivity contribution in [3.8, 4) is 0 Å². The van der Waals surface area contributed by atoms with Crippen molar-refractivity contribution in [1.29, 1.82) is 0 Å². The Balaban J connectivity index is 1.67. The molecule has 3 rings (SSSR count). The van der Waals surface area contributed by atoms with Crippen molar-refractivity contribution in [2.24, 2.45) is 0 Å². The molecule has 1 saturated heterocycles. The van der Waals surface area contributed by atoms with Crippen LogP contribution in [0.1, 0.15) is 12.0 Å². The highest BCUT2D eigenvalue weighted by Gasteiger charge is 2.43. The van der Waals surface area contributed by atoms with Crippen LogP contribution in [0, 0.1) is 0 Å². The number of fused-ring (bicyclic) bond motifs is 2. The van der Waals surface area contributed by atoms with Crippen molar-refractivity contribution >= 4 is 23.4 Å². The third-order valence-electron chi connectivity index (χ3n) is 3.21. The van der Waals surface area contributed by atoms with Crippen molar-refractivity contribution in [2.75, 3.05) is 18.2 Å². The van der Waals surface area contributed by atoms with Gasteiger partial charge >= 0.3 is 5.97 Å². The van der Waals surface area contributed by atoms with Gasteiger partial charge in [0.2, 0.25) is 0 Å². The third-order valence-corrected chi connectivity index (χ3v) is 4.31. The second-order valence-corrected chi connectivity index (χ2v) is 5.54. The molecule has 2 heterocycles. The summed E-state index contributed by atoms with van der Waals surface area (Å²) in [6, 6.07) is 6.22. The highest BCUT2D eigenvalue weighted by molar-refractivity contribution is 7.99. The number of nitrogens with one attached hydrogen (secondary N) is 1. The normalized spacial score (nSPS) is 23.6. The first-order valence-electron chi connectivity index (χ1n) is 6.01. The maximum Gasteiger partial charge on any atom is 0.306 e. The molecule has 2 atom stereocenters. The Morgan fingerprint density at radius 3 is 3.33 bits per heavy atom. The van der Waals surface area contributed by atoms with Gasteiger partial charge in [-0.2, -0.15) is 0 Å². The minimum absolute atomic E-state index is 0.156. The van der Waals surface area contributed by atoms with E-state index in [0.717, 1.165) is 17.9 Å². The Bertz CT molecular complexity index is 477. The summed E-state index contributed by atoms with van der Waals surface area (Å²) in [7, 11) is 1.42. The number of benzene rings is 1. The van der Waals surface area contributed by atoms with Gasteiger partial charge in [0.15, 0.2) is 6.23 Å². The summed E-state index contributed by atoms with van der Waals surface area (Å²) < 4.78 is 10.1. The van der Waals surface area contributed by atoms with E-state index in [2.05, 4.69) is 22.2 Å². The van der Waals surface area contributed by atoms with Gasteiger partial charge in [-0.25, -0.2) is 0 Å². The van der Waals surface area contributed by atoms with Crippen LogP contribution in [0.3, 0.4) is 0 Å². The Kier molecular flexibility index (Phi) is 3.18. The zero-order valence-corrected chi connectivity index (χ0v) is 11.0. The lowest BCUT2D eigenvalue weighted by molar-refractivity contribution is -0.140. The average molecular weight is 265 g/mol. The number of hydrogen-bond donors (Lipinski definition) is 1. The van der Waals surface area contributed by atoms with E-state index in [-0.39, 0.29) is 12.2 Å². The van der Waals surface area contributed by atoms with Gasteiger partial charge in [0, 0.05) is 22.8 Å². The Morgan fingerprint density at radius 1 is 1.61 bits per heavy atom. The fourth-order valence-electron chi connectivity index (χ4n) is 2.17. The molecule has 96 valence electrons. The van der Waals surface area contributed by atoms with E-state index in [4.69, 9.17) is 4.74 Å². The number of epoxide rings is 1. The number of carbonyl (C=O) groups is 1.